The number of likely N-dealkylation sites (N-methyl/N-ethyl adjacent to an activating group) is 1. The van der Waals surface area contributed by atoms with Gasteiger partial charge in [0.05, 0.1) is 0 Å². The van der Waals surface area contributed by atoms with Crippen molar-refractivity contribution in [2.75, 3.05) is 46.3 Å². The normalized spacial score (nSPS) is 19.5. The number of carbonyl (C=O) groups is 1. The molecular formula is C28H39N3O. The molecule has 32 heavy (non-hydrogen) atoms. The second-order valence-corrected chi connectivity index (χ2v) is 9.62. The van der Waals surface area contributed by atoms with E-state index in [1.807, 2.05) is 42.3 Å². The maximum absolute atomic E-state index is 12.9. The first-order valence-electron chi connectivity index (χ1n) is 12.5. The van der Waals surface area contributed by atoms with Crippen LogP contribution in [-0.4, -0.2) is 73.0 Å². The minimum absolute atomic E-state index is 0.105. The van der Waals surface area contributed by atoms with Crippen molar-refractivity contribution in [1.29, 1.82) is 0 Å². The van der Waals surface area contributed by atoms with Gasteiger partial charge in [-0.2, -0.15) is 0 Å². The first-order valence-corrected chi connectivity index (χ1v) is 12.5. The number of rotatable bonds is 8. The number of likely N-dealkylation sites (tertiary alicyclic amines) is 2. The zero-order valence-electron chi connectivity index (χ0n) is 19.7. The van der Waals surface area contributed by atoms with Crippen LogP contribution < -0.4 is 0 Å². The molecule has 4 heteroatoms. The summed E-state index contributed by atoms with van der Waals surface area (Å²) in [7, 11) is 1.94. The van der Waals surface area contributed by atoms with E-state index < -0.39 is 0 Å². The lowest BCUT2D eigenvalue weighted by Gasteiger charge is -2.40. The van der Waals surface area contributed by atoms with Crippen LogP contribution in [0, 0.1) is 0 Å². The number of carbonyl (C=O) groups excluding carboxylic acids is 1. The molecule has 2 heterocycles. The van der Waals surface area contributed by atoms with Gasteiger partial charge in [-0.1, -0.05) is 55.0 Å². The molecule has 0 aromatic heterocycles. The van der Waals surface area contributed by atoms with Gasteiger partial charge in [0.1, 0.15) is 0 Å². The summed E-state index contributed by atoms with van der Waals surface area (Å²) < 4.78 is 0. The third-order valence-electron chi connectivity index (χ3n) is 7.39. The van der Waals surface area contributed by atoms with E-state index in [0.29, 0.717) is 5.92 Å². The summed E-state index contributed by atoms with van der Waals surface area (Å²) in [5, 5.41) is 0. The summed E-state index contributed by atoms with van der Waals surface area (Å²) in [5.41, 5.74) is 2.10. The van der Waals surface area contributed by atoms with E-state index >= 15 is 0 Å². The average molecular weight is 434 g/mol. The van der Waals surface area contributed by atoms with Crippen LogP contribution in [0.1, 0.15) is 60.4 Å². The fourth-order valence-electron chi connectivity index (χ4n) is 5.43. The van der Waals surface area contributed by atoms with Gasteiger partial charge in [0.15, 0.2) is 0 Å². The molecule has 1 atom stereocenters. The zero-order chi connectivity index (χ0) is 22.2. The Morgan fingerprint density at radius 1 is 0.906 bits per heavy atom. The second-order valence-electron chi connectivity index (χ2n) is 9.62. The van der Waals surface area contributed by atoms with Gasteiger partial charge in [-0.15, -0.1) is 0 Å². The van der Waals surface area contributed by atoms with Gasteiger partial charge in [-0.25, -0.2) is 0 Å². The second kappa shape index (κ2) is 11.6. The molecule has 172 valence electrons. The van der Waals surface area contributed by atoms with Crippen LogP contribution >= 0.6 is 0 Å². The highest BCUT2D eigenvalue weighted by molar-refractivity contribution is 5.94. The lowest BCUT2D eigenvalue weighted by Crippen LogP contribution is -2.47. The van der Waals surface area contributed by atoms with Gasteiger partial charge >= 0.3 is 0 Å². The summed E-state index contributed by atoms with van der Waals surface area (Å²) in [6.07, 6.45) is 7.88. The molecule has 0 radical (unpaired) electrons. The average Bonchev–Trinajstić information content (AvgIpc) is 2.88. The van der Waals surface area contributed by atoms with Crippen molar-refractivity contribution in [1.82, 2.24) is 14.7 Å². The van der Waals surface area contributed by atoms with Gasteiger partial charge in [-0.05, 0) is 82.5 Å². The molecule has 2 aliphatic heterocycles. The van der Waals surface area contributed by atoms with Crippen molar-refractivity contribution >= 4 is 5.91 Å². The van der Waals surface area contributed by atoms with Crippen LogP contribution in [0.2, 0.25) is 0 Å². The number of hydrogen-bond acceptors (Lipinski definition) is 3. The highest BCUT2D eigenvalue weighted by atomic mass is 16.2. The number of benzene rings is 2. The summed E-state index contributed by atoms with van der Waals surface area (Å²) in [6, 6.07) is 21.2. The molecule has 0 saturated carbocycles. The summed E-state index contributed by atoms with van der Waals surface area (Å²) in [6.45, 7) is 6.90. The Labute approximate surface area is 194 Å². The third-order valence-corrected chi connectivity index (χ3v) is 7.39. The van der Waals surface area contributed by atoms with Crippen LogP contribution in [0.5, 0.6) is 0 Å². The molecule has 2 aromatic carbocycles. The molecule has 0 spiro atoms. The molecule has 2 aliphatic rings. The van der Waals surface area contributed by atoms with Crippen molar-refractivity contribution in [3.63, 3.8) is 0 Å². The molecule has 4 rings (SSSR count). The fourth-order valence-corrected chi connectivity index (χ4v) is 5.43. The van der Waals surface area contributed by atoms with E-state index in [4.69, 9.17) is 0 Å². The lowest BCUT2D eigenvalue weighted by molar-refractivity contribution is 0.0772. The third kappa shape index (κ3) is 6.20. The van der Waals surface area contributed by atoms with E-state index in [9.17, 15) is 4.79 Å². The topological polar surface area (TPSA) is 26.8 Å². The Bertz CT molecular complexity index is 811. The van der Waals surface area contributed by atoms with E-state index in [1.54, 1.807) is 0 Å². The largest absolute Gasteiger partial charge is 0.341 e. The van der Waals surface area contributed by atoms with E-state index in [2.05, 4.69) is 40.1 Å². The molecule has 2 fully saturated rings. The highest BCUT2D eigenvalue weighted by Crippen LogP contribution is 2.25. The van der Waals surface area contributed by atoms with Gasteiger partial charge in [0, 0.05) is 31.1 Å². The molecule has 2 saturated heterocycles. The molecule has 0 N–H and O–H groups in total. The Kier molecular flexibility index (Phi) is 8.36. The van der Waals surface area contributed by atoms with Crippen molar-refractivity contribution in [3.8, 4) is 0 Å². The summed E-state index contributed by atoms with van der Waals surface area (Å²) in [4.78, 5) is 20.2. The first kappa shape index (κ1) is 23.0. The molecule has 4 nitrogen and oxygen atoms in total. The number of amides is 1. The summed E-state index contributed by atoms with van der Waals surface area (Å²) >= 11 is 0. The van der Waals surface area contributed by atoms with Crippen molar-refractivity contribution < 1.29 is 4.79 Å². The monoisotopic (exact) mass is 433 g/mol. The Hall–Kier alpha value is -2.17. The van der Waals surface area contributed by atoms with Crippen molar-refractivity contribution in [2.45, 2.75) is 50.5 Å². The molecule has 0 aliphatic carbocycles. The molecule has 1 amide bonds. The minimum Gasteiger partial charge on any atom is -0.341 e. The number of piperidine rings is 2. The molecule has 0 bridgehead atoms. The Balaban J connectivity index is 1.32. The van der Waals surface area contributed by atoms with Gasteiger partial charge in [0.2, 0.25) is 0 Å². The van der Waals surface area contributed by atoms with Crippen molar-refractivity contribution in [2.24, 2.45) is 0 Å². The number of hydrogen-bond donors (Lipinski definition) is 0. The van der Waals surface area contributed by atoms with E-state index in [0.717, 1.165) is 31.1 Å². The lowest BCUT2D eigenvalue weighted by atomic mass is 9.93. The fraction of sp³-hybridized carbons (Fsp3) is 0.536. The standard InChI is InChI=1S/C28H39N3O/c1-29(28(32)25-13-7-3-8-14-25)23-26(24-11-5-2-6-12-24)15-20-30-21-16-27(17-22-30)31-18-9-4-10-19-31/h2-3,5-8,11-14,26-27H,4,9-10,15-23H2,1H3. The summed E-state index contributed by atoms with van der Waals surface area (Å²) in [5.74, 6) is 0.461. The van der Waals surface area contributed by atoms with Crippen LogP contribution in [0.25, 0.3) is 0 Å². The number of nitrogens with zero attached hydrogens (tertiary/aromatic N) is 3. The quantitative estimate of drug-likeness (QED) is 0.593. The van der Waals surface area contributed by atoms with Crippen LogP contribution in [-0.2, 0) is 0 Å². The van der Waals surface area contributed by atoms with Crippen LogP contribution in [0.4, 0.5) is 0 Å². The predicted molar refractivity (Wildman–Crippen MR) is 132 cm³/mol. The van der Waals surface area contributed by atoms with Crippen LogP contribution in [0.15, 0.2) is 60.7 Å². The van der Waals surface area contributed by atoms with Crippen molar-refractivity contribution in [3.05, 3.63) is 71.8 Å². The first-order chi connectivity index (χ1) is 15.7. The molecule has 1 unspecified atom stereocenters. The van der Waals surface area contributed by atoms with E-state index in [-0.39, 0.29) is 5.91 Å². The Morgan fingerprint density at radius 3 is 2.19 bits per heavy atom. The smallest absolute Gasteiger partial charge is 0.253 e. The maximum Gasteiger partial charge on any atom is 0.253 e. The molecule has 2 aromatic rings. The minimum atomic E-state index is 0.105. The molecular weight excluding hydrogens is 394 g/mol. The maximum atomic E-state index is 12.9. The van der Waals surface area contributed by atoms with E-state index in [1.165, 1.54) is 63.8 Å². The highest BCUT2D eigenvalue weighted by Gasteiger charge is 2.26. The zero-order valence-corrected chi connectivity index (χ0v) is 19.7. The van der Waals surface area contributed by atoms with Gasteiger partial charge in [0.25, 0.3) is 5.91 Å². The van der Waals surface area contributed by atoms with Gasteiger partial charge in [-0.3, -0.25) is 4.79 Å². The SMILES string of the molecule is CN(CC(CCN1CCC(N2CCCCC2)CC1)c1ccccc1)C(=O)c1ccccc1. The van der Waals surface area contributed by atoms with Gasteiger partial charge < -0.3 is 14.7 Å². The predicted octanol–water partition coefficient (Wildman–Crippen LogP) is 4.88. The van der Waals surface area contributed by atoms with Crippen LogP contribution in [0.3, 0.4) is 0 Å². The Morgan fingerprint density at radius 2 is 1.53 bits per heavy atom.